The first-order valence-corrected chi connectivity index (χ1v) is 6.08. The lowest BCUT2D eigenvalue weighted by atomic mass is 10.3. The van der Waals surface area contributed by atoms with Crippen molar-refractivity contribution in [3.8, 4) is 0 Å². The van der Waals surface area contributed by atoms with Gasteiger partial charge in [0.25, 0.3) is 0 Å². The lowest BCUT2D eigenvalue weighted by molar-refractivity contribution is -0.0327. The van der Waals surface area contributed by atoms with Gasteiger partial charge in [-0.2, -0.15) is 13.2 Å². The number of halogens is 3. The largest absolute Gasteiger partial charge is 0.441 e. The smallest absolute Gasteiger partial charge is 0.369 e. The molecule has 0 saturated carbocycles. The number of rotatable bonds is 5. The van der Waals surface area contributed by atoms with Crippen molar-refractivity contribution in [2.45, 2.75) is 19.4 Å². The van der Waals surface area contributed by atoms with Gasteiger partial charge in [0.05, 0.1) is 0 Å². The van der Waals surface area contributed by atoms with Gasteiger partial charge in [-0.3, -0.25) is 0 Å². The van der Waals surface area contributed by atoms with Crippen LogP contribution in [-0.4, -0.2) is 27.8 Å². The zero-order valence-corrected chi connectivity index (χ0v) is 10.7. The van der Waals surface area contributed by atoms with E-state index >= 15 is 0 Å². The number of anilines is 2. The van der Waals surface area contributed by atoms with Crippen molar-refractivity contribution in [3.05, 3.63) is 11.4 Å². The van der Waals surface area contributed by atoms with Crippen LogP contribution in [0.25, 0.3) is 0 Å². The van der Waals surface area contributed by atoms with Crippen LogP contribution >= 0.6 is 11.8 Å². The van der Waals surface area contributed by atoms with Gasteiger partial charge in [0.2, 0.25) is 0 Å². The van der Waals surface area contributed by atoms with E-state index in [2.05, 4.69) is 20.7 Å². The molecule has 0 aliphatic carbocycles. The van der Waals surface area contributed by atoms with Crippen LogP contribution in [0.2, 0.25) is 0 Å². The zero-order valence-electron chi connectivity index (χ0n) is 9.93. The Hall–Kier alpha value is -1.22. The van der Waals surface area contributed by atoms with Gasteiger partial charge in [-0.25, -0.2) is 15.8 Å². The highest BCUT2D eigenvalue weighted by molar-refractivity contribution is 8.00. The third-order valence-corrected chi connectivity index (χ3v) is 2.79. The fraction of sp³-hybridized carbons (Fsp3) is 0.556. The van der Waals surface area contributed by atoms with Crippen LogP contribution in [0.15, 0.2) is 0 Å². The second-order valence-corrected chi connectivity index (χ2v) is 4.62. The number of nitrogens with two attached hydrogens (primary N) is 1. The second-order valence-electron chi connectivity index (χ2n) is 3.46. The minimum absolute atomic E-state index is 0.0734. The van der Waals surface area contributed by atoms with Crippen LogP contribution in [0.1, 0.15) is 11.4 Å². The summed E-state index contributed by atoms with van der Waals surface area (Å²) >= 11 is -0.0734. The maximum atomic E-state index is 11.9. The Kier molecular flexibility index (Phi) is 5.03. The Morgan fingerprint density at radius 2 is 1.83 bits per heavy atom. The van der Waals surface area contributed by atoms with Gasteiger partial charge >= 0.3 is 5.51 Å². The van der Waals surface area contributed by atoms with Gasteiger partial charge in [-0.05, 0) is 25.6 Å². The van der Waals surface area contributed by atoms with Crippen molar-refractivity contribution < 1.29 is 13.2 Å². The van der Waals surface area contributed by atoms with Crippen molar-refractivity contribution in [2.75, 3.05) is 23.0 Å². The maximum Gasteiger partial charge on any atom is 0.441 e. The summed E-state index contributed by atoms with van der Waals surface area (Å²) in [5.41, 5.74) is -1.12. The summed E-state index contributed by atoms with van der Waals surface area (Å²) in [7, 11) is 0. The quantitative estimate of drug-likeness (QED) is 0.435. The molecule has 0 fully saturated rings. The van der Waals surface area contributed by atoms with E-state index in [-0.39, 0.29) is 24.1 Å². The van der Waals surface area contributed by atoms with Gasteiger partial charge in [0.15, 0.2) is 0 Å². The van der Waals surface area contributed by atoms with Crippen LogP contribution < -0.4 is 16.6 Å². The van der Waals surface area contributed by atoms with Gasteiger partial charge in [-0.15, -0.1) is 0 Å². The number of nitrogens with one attached hydrogen (secondary N) is 2. The van der Waals surface area contributed by atoms with Gasteiger partial charge in [0, 0.05) is 17.9 Å². The molecule has 0 bridgehead atoms. The lowest BCUT2D eigenvalue weighted by Crippen LogP contribution is -2.15. The number of hydrazine groups is 1. The maximum absolute atomic E-state index is 11.9. The second kappa shape index (κ2) is 6.10. The Labute approximate surface area is 107 Å². The third-order valence-electron chi connectivity index (χ3n) is 2.05. The molecule has 102 valence electrons. The minimum atomic E-state index is -4.21. The van der Waals surface area contributed by atoms with Crippen LogP contribution in [0.4, 0.5) is 24.8 Å². The average molecular weight is 281 g/mol. The minimum Gasteiger partial charge on any atom is -0.369 e. The molecule has 1 heterocycles. The third kappa shape index (κ3) is 4.57. The number of aryl methyl sites for hydroxylation is 1. The highest BCUT2D eigenvalue weighted by Gasteiger charge is 2.27. The number of hydrogen-bond donors (Lipinski definition) is 3. The molecule has 9 heteroatoms. The molecule has 0 aliphatic heterocycles. The molecule has 1 aromatic rings. The molecule has 0 aliphatic rings. The molecule has 0 unspecified atom stereocenters. The van der Waals surface area contributed by atoms with Crippen molar-refractivity contribution >= 4 is 23.4 Å². The van der Waals surface area contributed by atoms with E-state index in [9.17, 15) is 13.2 Å². The summed E-state index contributed by atoms with van der Waals surface area (Å²) in [6.45, 7) is 3.56. The highest BCUT2D eigenvalue weighted by Crippen LogP contribution is 2.29. The van der Waals surface area contributed by atoms with E-state index in [1.165, 1.54) is 0 Å². The molecular formula is C9H14F3N5S. The SMILES string of the molecule is Cc1nc(NN)c(C)c(NCCSC(F)(F)F)n1. The molecule has 0 amide bonds. The summed E-state index contributed by atoms with van der Waals surface area (Å²) in [6, 6.07) is 0. The first-order chi connectivity index (χ1) is 8.33. The average Bonchev–Trinajstić information content (AvgIpc) is 2.27. The lowest BCUT2D eigenvalue weighted by Gasteiger charge is -2.12. The van der Waals surface area contributed by atoms with Crippen molar-refractivity contribution in [3.63, 3.8) is 0 Å². The molecule has 1 aromatic heterocycles. The molecule has 1 rings (SSSR count). The molecule has 5 nitrogen and oxygen atoms in total. The van der Waals surface area contributed by atoms with Crippen LogP contribution in [0.5, 0.6) is 0 Å². The first-order valence-electron chi connectivity index (χ1n) is 5.10. The molecule has 4 N–H and O–H groups in total. The summed E-state index contributed by atoms with van der Waals surface area (Å²) in [4.78, 5) is 8.15. The molecule has 0 saturated heterocycles. The normalized spacial score (nSPS) is 11.4. The Morgan fingerprint density at radius 1 is 1.22 bits per heavy atom. The van der Waals surface area contributed by atoms with E-state index in [1.54, 1.807) is 13.8 Å². The first kappa shape index (κ1) is 14.8. The molecule has 0 aromatic carbocycles. The zero-order chi connectivity index (χ0) is 13.8. The molecule has 0 atom stereocenters. The van der Waals surface area contributed by atoms with Crippen molar-refractivity contribution in [1.29, 1.82) is 0 Å². The Bertz CT molecular complexity index is 410. The van der Waals surface area contributed by atoms with E-state index in [1.807, 2.05) is 0 Å². The standard InChI is InChI=1S/C9H14F3N5S/c1-5-7(14-3-4-18-9(10,11)12)15-6(2)16-8(5)17-13/h3-4,13H2,1-2H3,(H2,14,15,16,17). The fourth-order valence-electron chi connectivity index (χ4n) is 1.28. The highest BCUT2D eigenvalue weighted by atomic mass is 32.2. The number of hydrogen-bond acceptors (Lipinski definition) is 6. The summed E-state index contributed by atoms with van der Waals surface area (Å²) < 4.78 is 35.8. The number of nitrogens with zero attached hydrogens (tertiary/aromatic N) is 2. The summed E-state index contributed by atoms with van der Waals surface area (Å²) in [6.07, 6.45) is 0. The van der Waals surface area contributed by atoms with Gasteiger partial charge in [0.1, 0.15) is 17.5 Å². The van der Waals surface area contributed by atoms with Crippen molar-refractivity contribution in [2.24, 2.45) is 5.84 Å². The van der Waals surface area contributed by atoms with E-state index in [0.717, 1.165) is 0 Å². The van der Waals surface area contributed by atoms with Crippen LogP contribution in [-0.2, 0) is 0 Å². The van der Waals surface area contributed by atoms with Gasteiger partial charge < -0.3 is 10.7 Å². The van der Waals surface area contributed by atoms with E-state index < -0.39 is 5.51 Å². The molecule has 0 radical (unpaired) electrons. The Morgan fingerprint density at radius 3 is 2.39 bits per heavy atom. The molecular weight excluding hydrogens is 267 g/mol. The van der Waals surface area contributed by atoms with Gasteiger partial charge in [-0.1, -0.05) is 0 Å². The van der Waals surface area contributed by atoms with Crippen LogP contribution in [0.3, 0.4) is 0 Å². The summed E-state index contributed by atoms with van der Waals surface area (Å²) in [5.74, 6) is 6.62. The number of thioether (sulfide) groups is 1. The van der Waals surface area contributed by atoms with Crippen molar-refractivity contribution in [1.82, 2.24) is 9.97 Å². The number of alkyl halides is 3. The topological polar surface area (TPSA) is 75.9 Å². The Balaban J connectivity index is 2.59. The van der Waals surface area contributed by atoms with Crippen LogP contribution in [0, 0.1) is 13.8 Å². The van der Waals surface area contributed by atoms with E-state index in [4.69, 9.17) is 5.84 Å². The summed E-state index contributed by atoms with van der Waals surface area (Å²) in [5, 5.41) is 2.83. The predicted molar refractivity (Wildman–Crippen MR) is 66.3 cm³/mol. The monoisotopic (exact) mass is 281 g/mol. The molecule has 0 spiro atoms. The van der Waals surface area contributed by atoms with E-state index in [0.29, 0.717) is 23.0 Å². The molecule has 18 heavy (non-hydrogen) atoms. The fourth-order valence-corrected chi connectivity index (χ4v) is 1.71. The number of nitrogen functional groups attached to an aromatic ring is 1. The predicted octanol–water partition coefficient (Wildman–Crippen LogP) is 2.04. The number of aromatic nitrogens is 2.